The second-order valence-corrected chi connectivity index (χ2v) is 5.40. The van der Waals surface area contributed by atoms with Crippen molar-refractivity contribution in [3.63, 3.8) is 0 Å². The largest absolute Gasteiger partial charge is 0.298 e. The second-order valence-electron chi connectivity index (χ2n) is 4.48. The van der Waals surface area contributed by atoms with Gasteiger partial charge in [0.1, 0.15) is 0 Å². The lowest BCUT2D eigenvalue weighted by Crippen LogP contribution is -2.36. The zero-order valence-electron chi connectivity index (χ0n) is 11.8. The molecule has 0 atom stereocenters. The highest BCUT2D eigenvalue weighted by atomic mass is 79.9. The maximum atomic E-state index is 12.1. The summed E-state index contributed by atoms with van der Waals surface area (Å²) >= 11 is 3.36. The molecule has 0 bridgehead atoms. The first kappa shape index (κ1) is 15.3. The third-order valence-electron chi connectivity index (χ3n) is 2.89. The smallest absolute Gasteiger partial charge is 0.269 e. The van der Waals surface area contributed by atoms with Crippen LogP contribution < -0.4 is 10.9 Å². The Morgan fingerprint density at radius 2 is 1.76 bits per heavy atom. The van der Waals surface area contributed by atoms with Crippen molar-refractivity contribution in [2.45, 2.75) is 13.3 Å². The van der Waals surface area contributed by atoms with Gasteiger partial charge in [0.2, 0.25) is 0 Å². The summed E-state index contributed by atoms with van der Waals surface area (Å²) in [4.78, 5) is 12.1. The summed E-state index contributed by atoms with van der Waals surface area (Å²) in [6.45, 7) is 2.06. The van der Waals surface area contributed by atoms with Gasteiger partial charge in [0.25, 0.3) is 5.91 Å². The molecule has 0 saturated heterocycles. The monoisotopic (exact) mass is 344 g/mol. The van der Waals surface area contributed by atoms with Crippen LogP contribution in [0.3, 0.4) is 0 Å². The Balaban J connectivity index is 2.06. The van der Waals surface area contributed by atoms with Gasteiger partial charge in [0, 0.05) is 10.0 Å². The van der Waals surface area contributed by atoms with Crippen LogP contribution in [0.25, 0.3) is 5.70 Å². The highest BCUT2D eigenvalue weighted by molar-refractivity contribution is 9.10. The third kappa shape index (κ3) is 4.46. The van der Waals surface area contributed by atoms with E-state index in [-0.39, 0.29) is 5.91 Å². The molecule has 0 aliphatic carbocycles. The van der Waals surface area contributed by atoms with Crippen molar-refractivity contribution in [1.82, 2.24) is 10.9 Å². The van der Waals surface area contributed by atoms with E-state index in [4.69, 9.17) is 0 Å². The Morgan fingerprint density at radius 3 is 2.43 bits per heavy atom. The highest BCUT2D eigenvalue weighted by Crippen LogP contribution is 2.13. The molecule has 21 heavy (non-hydrogen) atoms. The number of benzene rings is 2. The van der Waals surface area contributed by atoms with Crippen molar-refractivity contribution < 1.29 is 4.79 Å². The first-order chi connectivity index (χ1) is 10.2. The third-order valence-corrected chi connectivity index (χ3v) is 3.38. The first-order valence-electron chi connectivity index (χ1n) is 6.78. The second kappa shape index (κ2) is 7.64. The molecule has 4 heteroatoms. The standard InChI is InChI=1S/C17H17BrN2O/c1-2-7-16(13-8-4-3-5-9-13)19-20-17(21)14-10-6-11-15(18)12-14/h3-12,19H,2H2,1H3,(H,20,21)/b16-7-. The Kier molecular flexibility index (Phi) is 5.58. The minimum atomic E-state index is -0.172. The number of hydrogen-bond acceptors (Lipinski definition) is 2. The Labute approximate surface area is 133 Å². The molecule has 3 nitrogen and oxygen atoms in total. The molecule has 2 aromatic carbocycles. The average molecular weight is 345 g/mol. The zero-order valence-corrected chi connectivity index (χ0v) is 13.4. The van der Waals surface area contributed by atoms with E-state index >= 15 is 0 Å². The van der Waals surface area contributed by atoms with Crippen LogP contribution in [-0.2, 0) is 0 Å². The number of rotatable bonds is 5. The topological polar surface area (TPSA) is 41.1 Å². The molecular weight excluding hydrogens is 328 g/mol. The molecule has 108 valence electrons. The summed E-state index contributed by atoms with van der Waals surface area (Å²) in [7, 11) is 0. The molecule has 1 amide bonds. The van der Waals surface area contributed by atoms with Crippen molar-refractivity contribution in [1.29, 1.82) is 0 Å². The van der Waals surface area contributed by atoms with E-state index < -0.39 is 0 Å². The number of nitrogens with one attached hydrogen (secondary N) is 2. The van der Waals surface area contributed by atoms with Crippen LogP contribution in [0, 0.1) is 0 Å². The van der Waals surface area contributed by atoms with E-state index in [1.807, 2.05) is 48.5 Å². The Hall–Kier alpha value is -2.07. The molecular formula is C17H17BrN2O. The van der Waals surface area contributed by atoms with Crippen LogP contribution in [-0.4, -0.2) is 5.91 Å². The molecule has 2 N–H and O–H groups in total. The minimum absolute atomic E-state index is 0.172. The van der Waals surface area contributed by atoms with Gasteiger partial charge in [-0.1, -0.05) is 65.3 Å². The number of halogens is 1. The zero-order chi connectivity index (χ0) is 15.1. The summed E-state index contributed by atoms with van der Waals surface area (Å²) in [5.74, 6) is -0.172. The average Bonchev–Trinajstić information content (AvgIpc) is 2.52. The summed E-state index contributed by atoms with van der Waals surface area (Å²) in [5, 5.41) is 0. The van der Waals surface area contributed by atoms with E-state index in [1.165, 1.54) is 0 Å². The molecule has 0 heterocycles. The predicted octanol–water partition coefficient (Wildman–Crippen LogP) is 4.13. The van der Waals surface area contributed by atoms with Gasteiger partial charge >= 0.3 is 0 Å². The van der Waals surface area contributed by atoms with Gasteiger partial charge in [0.05, 0.1) is 5.70 Å². The number of carbonyl (C=O) groups excluding carboxylic acids is 1. The maximum Gasteiger partial charge on any atom is 0.269 e. The molecule has 0 aliphatic rings. The fourth-order valence-corrected chi connectivity index (χ4v) is 2.29. The molecule has 0 spiro atoms. The first-order valence-corrected chi connectivity index (χ1v) is 7.57. The van der Waals surface area contributed by atoms with Crippen molar-refractivity contribution in [2.24, 2.45) is 0 Å². The van der Waals surface area contributed by atoms with Crippen molar-refractivity contribution >= 4 is 27.5 Å². The normalized spacial score (nSPS) is 11.0. The van der Waals surface area contributed by atoms with E-state index in [2.05, 4.69) is 33.7 Å². The quantitative estimate of drug-likeness (QED) is 0.800. The molecule has 0 aromatic heterocycles. The number of allylic oxidation sites excluding steroid dienone is 1. The van der Waals surface area contributed by atoms with Crippen LogP contribution >= 0.6 is 15.9 Å². The minimum Gasteiger partial charge on any atom is -0.298 e. The van der Waals surface area contributed by atoms with Gasteiger partial charge < -0.3 is 0 Å². The number of amides is 1. The SMILES string of the molecule is CC/C=C(\NNC(=O)c1cccc(Br)c1)c1ccccc1. The molecule has 0 unspecified atom stereocenters. The van der Waals surface area contributed by atoms with Crippen molar-refractivity contribution in [2.75, 3.05) is 0 Å². The predicted molar refractivity (Wildman–Crippen MR) is 89.5 cm³/mol. The van der Waals surface area contributed by atoms with Crippen LogP contribution in [0.1, 0.15) is 29.3 Å². The Morgan fingerprint density at radius 1 is 1.05 bits per heavy atom. The van der Waals surface area contributed by atoms with Crippen molar-refractivity contribution in [3.8, 4) is 0 Å². The van der Waals surface area contributed by atoms with E-state index in [0.717, 1.165) is 22.2 Å². The van der Waals surface area contributed by atoms with Crippen molar-refractivity contribution in [3.05, 3.63) is 76.3 Å². The highest BCUT2D eigenvalue weighted by Gasteiger charge is 2.06. The van der Waals surface area contributed by atoms with Gasteiger partial charge in [-0.05, 0) is 30.2 Å². The number of hydrazine groups is 1. The molecule has 0 fully saturated rings. The molecule has 2 rings (SSSR count). The van der Waals surface area contributed by atoms with Gasteiger partial charge in [-0.25, -0.2) is 0 Å². The lowest BCUT2D eigenvalue weighted by atomic mass is 10.1. The van der Waals surface area contributed by atoms with Crippen LogP contribution in [0.5, 0.6) is 0 Å². The fourth-order valence-electron chi connectivity index (χ4n) is 1.89. The van der Waals surface area contributed by atoms with E-state index in [0.29, 0.717) is 5.56 Å². The molecule has 0 saturated carbocycles. The van der Waals surface area contributed by atoms with E-state index in [9.17, 15) is 4.79 Å². The van der Waals surface area contributed by atoms with E-state index in [1.54, 1.807) is 12.1 Å². The number of hydrogen-bond donors (Lipinski definition) is 2. The maximum absolute atomic E-state index is 12.1. The lowest BCUT2D eigenvalue weighted by Gasteiger charge is -2.13. The lowest BCUT2D eigenvalue weighted by molar-refractivity contribution is 0.0942. The summed E-state index contributed by atoms with van der Waals surface area (Å²) in [5.41, 5.74) is 8.26. The van der Waals surface area contributed by atoms with Gasteiger partial charge in [-0.15, -0.1) is 0 Å². The fraction of sp³-hybridized carbons (Fsp3) is 0.118. The van der Waals surface area contributed by atoms with Gasteiger partial charge in [0.15, 0.2) is 0 Å². The summed E-state index contributed by atoms with van der Waals surface area (Å²) in [6, 6.07) is 17.2. The summed E-state index contributed by atoms with van der Waals surface area (Å²) < 4.78 is 0.877. The molecule has 2 aromatic rings. The van der Waals surface area contributed by atoms with Gasteiger partial charge in [-0.2, -0.15) is 0 Å². The Bertz CT molecular complexity index is 638. The van der Waals surface area contributed by atoms with Crippen LogP contribution in [0.2, 0.25) is 0 Å². The molecule has 0 radical (unpaired) electrons. The number of carbonyl (C=O) groups is 1. The van der Waals surface area contributed by atoms with Crippen LogP contribution in [0.4, 0.5) is 0 Å². The van der Waals surface area contributed by atoms with Gasteiger partial charge in [-0.3, -0.25) is 15.6 Å². The molecule has 0 aliphatic heterocycles. The van der Waals surface area contributed by atoms with Crippen LogP contribution in [0.15, 0.2) is 65.1 Å². The summed E-state index contributed by atoms with van der Waals surface area (Å²) in [6.07, 6.45) is 2.92.